The van der Waals surface area contributed by atoms with Crippen molar-refractivity contribution in [2.24, 2.45) is 0 Å². The minimum Gasteiger partial charge on any atom is -0.495 e. The molecule has 1 aromatic carbocycles. The van der Waals surface area contributed by atoms with Crippen LogP contribution in [0.5, 0.6) is 5.75 Å². The number of rotatable bonds is 3. The molecule has 0 spiro atoms. The first-order chi connectivity index (χ1) is 9.44. The lowest BCUT2D eigenvalue weighted by Gasteiger charge is -2.06. The molecular weight excluding hydrogens is 271 g/mol. The average molecular weight is 281 g/mol. The highest BCUT2D eigenvalue weighted by molar-refractivity contribution is 5.45. The second kappa shape index (κ2) is 5.25. The summed E-state index contributed by atoms with van der Waals surface area (Å²) in [6.07, 6.45) is -2.71. The Kier molecular flexibility index (Phi) is 3.66. The van der Waals surface area contributed by atoms with Gasteiger partial charge in [-0.2, -0.15) is 23.5 Å². The Morgan fingerprint density at radius 1 is 1.40 bits per heavy atom. The van der Waals surface area contributed by atoms with Crippen LogP contribution in [0.1, 0.15) is 16.7 Å². The molecule has 2 rings (SSSR count). The van der Waals surface area contributed by atoms with Crippen molar-refractivity contribution in [2.45, 2.75) is 12.7 Å². The second-order valence-corrected chi connectivity index (χ2v) is 4.07. The molecule has 1 heterocycles. The fourth-order valence-electron chi connectivity index (χ4n) is 1.72. The highest BCUT2D eigenvalue weighted by Crippen LogP contribution is 2.28. The van der Waals surface area contributed by atoms with Gasteiger partial charge in [-0.15, -0.1) is 0 Å². The summed E-state index contributed by atoms with van der Waals surface area (Å²) in [5, 5.41) is 12.6. The first kappa shape index (κ1) is 13.9. The summed E-state index contributed by atoms with van der Waals surface area (Å²) in [6.45, 7) is 0.148. The number of nitrogens with zero attached hydrogens (tertiary/aromatic N) is 3. The fourth-order valence-corrected chi connectivity index (χ4v) is 1.72. The van der Waals surface area contributed by atoms with Crippen LogP contribution in [-0.2, 0) is 12.7 Å². The van der Waals surface area contributed by atoms with Gasteiger partial charge in [-0.05, 0) is 17.7 Å². The van der Waals surface area contributed by atoms with Crippen LogP contribution in [-0.4, -0.2) is 16.9 Å². The van der Waals surface area contributed by atoms with Crippen molar-refractivity contribution in [1.29, 1.82) is 5.26 Å². The Hall–Kier alpha value is -2.49. The lowest BCUT2D eigenvalue weighted by atomic mass is 10.1. The molecule has 20 heavy (non-hydrogen) atoms. The molecule has 0 atom stereocenters. The van der Waals surface area contributed by atoms with E-state index in [1.54, 1.807) is 18.2 Å². The summed E-state index contributed by atoms with van der Waals surface area (Å²) in [5.41, 5.74) is 0.193. The van der Waals surface area contributed by atoms with Crippen LogP contribution in [0.4, 0.5) is 13.2 Å². The molecular formula is C13H10F3N3O. The maximum atomic E-state index is 12.4. The molecule has 1 aromatic heterocycles. The average Bonchev–Trinajstić information content (AvgIpc) is 2.87. The van der Waals surface area contributed by atoms with Gasteiger partial charge in [0.15, 0.2) is 0 Å². The zero-order valence-corrected chi connectivity index (χ0v) is 10.5. The second-order valence-electron chi connectivity index (χ2n) is 4.07. The zero-order chi connectivity index (χ0) is 14.8. The SMILES string of the molecule is COc1ccc(Cn2cc(C(F)(F)F)cn2)cc1C#N. The quantitative estimate of drug-likeness (QED) is 0.869. The number of ether oxygens (including phenoxy) is 1. The van der Waals surface area contributed by atoms with E-state index < -0.39 is 11.7 Å². The number of hydrogen-bond acceptors (Lipinski definition) is 3. The van der Waals surface area contributed by atoms with E-state index in [-0.39, 0.29) is 6.54 Å². The summed E-state index contributed by atoms with van der Waals surface area (Å²) < 4.78 is 43.5. The molecule has 4 nitrogen and oxygen atoms in total. The molecule has 0 saturated heterocycles. The van der Waals surface area contributed by atoms with Crippen LogP contribution >= 0.6 is 0 Å². The first-order valence-electron chi connectivity index (χ1n) is 5.60. The van der Waals surface area contributed by atoms with Gasteiger partial charge in [-0.1, -0.05) is 6.07 Å². The molecule has 2 aromatic rings. The monoisotopic (exact) mass is 281 g/mol. The topological polar surface area (TPSA) is 50.8 Å². The van der Waals surface area contributed by atoms with Crippen molar-refractivity contribution in [3.8, 4) is 11.8 Å². The summed E-state index contributed by atoms with van der Waals surface area (Å²) in [4.78, 5) is 0. The molecule has 7 heteroatoms. The summed E-state index contributed by atoms with van der Waals surface area (Å²) in [6, 6.07) is 6.81. The van der Waals surface area contributed by atoms with E-state index in [4.69, 9.17) is 10.00 Å². The number of halogens is 3. The van der Waals surface area contributed by atoms with Crippen LogP contribution in [0.25, 0.3) is 0 Å². The highest BCUT2D eigenvalue weighted by atomic mass is 19.4. The Bertz CT molecular complexity index is 656. The Morgan fingerprint density at radius 2 is 2.15 bits per heavy atom. The van der Waals surface area contributed by atoms with Crippen molar-refractivity contribution in [3.63, 3.8) is 0 Å². The Balaban J connectivity index is 2.23. The van der Waals surface area contributed by atoms with Crippen LogP contribution in [0.2, 0.25) is 0 Å². The van der Waals surface area contributed by atoms with E-state index in [0.29, 0.717) is 16.9 Å². The Morgan fingerprint density at radius 3 is 2.70 bits per heavy atom. The van der Waals surface area contributed by atoms with Crippen molar-refractivity contribution < 1.29 is 17.9 Å². The largest absolute Gasteiger partial charge is 0.495 e. The highest BCUT2D eigenvalue weighted by Gasteiger charge is 2.32. The molecule has 0 amide bonds. The lowest BCUT2D eigenvalue weighted by molar-refractivity contribution is -0.137. The maximum Gasteiger partial charge on any atom is 0.419 e. The molecule has 0 aliphatic carbocycles. The molecule has 0 aliphatic rings. The third-order valence-corrected chi connectivity index (χ3v) is 2.69. The number of methoxy groups -OCH3 is 1. The van der Waals surface area contributed by atoms with E-state index in [2.05, 4.69) is 5.10 Å². The molecule has 104 valence electrons. The van der Waals surface area contributed by atoms with E-state index in [1.807, 2.05) is 6.07 Å². The van der Waals surface area contributed by atoms with Gasteiger partial charge in [0.1, 0.15) is 11.8 Å². The van der Waals surface area contributed by atoms with E-state index in [9.17, 15) is 13.2 Å². The smallest absolute Gasteiger partial charge is 0.419 e. The normalized spacial score (nSPS) is 11.2. The number of aromatic nitrogens is 2. The van der Waals surface area contributed by atoms with Crippen molar-refractivity contribution >= 4 is 0 Å². The fraction of sp³-hybridized carbons (Fsp3) is 0.231. The van der Waals surface area contributed by atoms with Crippen molar-refractivity contribution in [1.82, 2.24) is 9.78 Å². The van der Waals surface area contributed by atoms with Crippen molar-refractivity contribution in [2.75, 3.05) is 7.11 Å². The molecule has 0 fully saturated rings. The first-order valence-corrected chi connectivity index (χ1v) is 5.60. The van der Waals surface area contributed by atoms with Crippen LogP contribution in [0.15, 0.2) is 30.6 Å². The van der Waals surface area contributed by atoms with Gasteiger partial charge >= 0.3 is 6.18 Å². The van der Waals surface area contributed by atoms with Gasteiger partial charge in [-0.3, -0.25) is 4.68 Å². The zero-order valence-electron chi connectivity index (χ0n) is 10.5. The van der Waals surface area contributed by atoms with Crippen LogP contribution in [0, 0.1) is 11.3 Å². The standard InChI is InChI=1S/C13H10F3N3O/c1-20-12-3-2-9(4-10(12)5-17)7-19-8-11(6-18-19)13(14,15)16/h2-4,6,8H,7H2,1H3. The minimum atomic E-state index is -4.41. The van der Waals surface area contributed by atoms with E-state index in [0.717, 1.165) is 12.4 Å². The number of hydrogen-bond donors (Lipinski definition) is 0. The van der Waals surface area contributed by atoms with Crippen molar-refractivity contribution in [3.05, 3.63) is 47.3 Å². The number of alkyl halides is 3. The minimum absolute atomic E-state index is 0.148. The van der Waals surface area contributed by atoms with Gasteiger partial charge < -0.3 is 4.74 Å². The van der Waals surface area contributed by atoms with Gasteiger partial charge in [0, 0.05) is 6.20 Å². The van der Waals surface area contributed by atoms with Gasteiger partial charge in [-0.25, -0.2) is 0 Å². The van der Waals surface area contributed by atoms with Gasteiger partial charge in [0.05, 0.1) is 31.0 Å². The van der Waals surface area contributed by atoms with Crippen LogP contribution < -0.4 is 4.74 Å². The predicted molar refractivity (Wildman–Crippen MR) is 64.0 cm³/mol. The Labute approximate surface area is 113 Å². The third kappa shape index (κ3) is 2.91. The molecule has 0 bridgehead atoms. The molecule has 0 unspecified atom stereocenters. The van der Waals surface area contributed by atoms with E-state index >= 15 is 0 Å². The predicted octanol–water partition coefficient (Wildman–Crippen LogP) is 2.83. The van der Waals surface area contributed by atoms with Gasteiger partial charge in [0.25, 0.3) is 0 Å². The molecule has 0 aliphatic heterocycles. The number of nitriles is 1. The molecule has 0 N–H and O–H groups in total. The van der Waals surface area contributed by atoms with Crippen LogP contribution in [0.3, 0.4) is 0 Å². The molecule has 0 radical (unpaired) electrons. The summed E-state index contributed by atoms with van der Waals surface area (Å²) in [7, 11) is 1.44. The molecule has 0 saturated carbocycles. The summed E-state index contributed by atoms with van der Waals surface area (Å²) >= 11 is 0. The lowest BCUT2D eigenvalue weighted by Crippen LogP contribution is -2.04. The number of benzene rings is 1. The van der Waals surface area contributed by atoms with E-state index in [1.165, 1.54) is 11.8 Å². The van der Waals surface area contributed by atoms with Gasteiger partial charge in [0.2, 0.25) is 0 Å². The maximum absolute atomic E-state index is 12.4. The summed E-state index contributed by atoms with van der Waals surface area (Å²) in [5.74, 6) is 0.424. The third-order valence-electron chi connectivity index (χ3n) is 2.69.